The first kappa shape index (κ1) is 19.0. The molecule has 0 unspecified atom stereocenters. The van der Waals surface area contributed by atoms with Gasteiger partial charge in [0.1, 0.15) is 11.5 Å². The summed E-state index contributed by atoms with van der Waals surface area (Å²) in [4.78, 5) is 12.1. The number of nitrogens with one attached hydrogen (secondary N) is 1. The number of carbonyl (C=O) groups excluding carboxylic acids is 1. The van der Waals surface area contributed by atoms with Crippen LogP contribution in [-0.4, -0.2) is 25.6 Å². The zero-order valence-corrected chi connectivity index (χ0v) is 14.3. The average molecular weight is 371 g/mol. The van der Waals surface area contributed by atoms with Gasteiger partial charge in [-0.2, -0.15) is 13.2 Å². The highest BCUT2D eigenvalue weighted by Crippen LogP contribution is 2.38. The summed E-state index contributed by atoms with van der Waals surface area (Å²) in [5, 5.41) is 2.61. The SMILES string of the molecule is COc1cc(CNC(=O)c2ccccc2SC(F)(F)F)cc(OC)c1. The first-order valence-electron chi connectivity index (χ1n) is 7.17. The molecule has 2 aromatic carbocycles. The van der Waals surface area contributed by atoms with Gasteiger partial charge in [0.15, 0.2) is 0 Å². The zero-order chi connectivity index (χ0) is 18.4. The lowest BCUT2D eigenvalue weighted by Crippen LogP contribution is -2.23. The Labute approximate surface area is 147 Å². The minimum atomic E-state index is -4.46. The number of amides is 1. The molecule has 0 saturated heterocycles. The van der Waals surface area contributed by atoms with Crippen LogP contribution < -0.4 is 14.8 Å². The average Bonchev–Trinajstić information content (AvgIpc) is 2.58. The largest absolute Gasteiger partial charge is 0.497 e. The Hall–Kier alpha value is -2.35. The number of hydrogen-bond acceptors (Lipinski definition) is 4. The van der Waals surface area contributed by atoms with Gasteiger partial charge in [0.25, 0.3) is 5.91 Å². The minimum absolute atomic E-state index is 0.0281. The van der Waals surface area contributed by atoms with E-state index in [0.29, 0.717) is 17.1 Å². The fourth-order valence-electron chi connectivity index (χ4n) is 2.11. The molecule has 25 heavy (non-hydrogen) atoms. The van der Waals surface area contributed by atoms with E-state index in [1.165, 1.54) is 38.5 Å². The summed E-state index contributed by atoms with van der Waals surface area (Å²) in [5.74, 6) is 0.516. The van der Waals surface area contributed by atoms with E-state index in [2.05, 4.69) is 5.32 Å². The van der Waals surface area contributed by atoms with Crippen LogP contribution in [0.3, 0.4) is 0 Å². The molecule has 0 aliphatic rings. The summed E-state index contributed by atoms with van der Waals surface area (Å²) in [7, 11) is 3.00. The van der Waals surface area contributed by atoms with Crippen molar-refractivity contribution in [3.8, 4) is 11.5 Å². The van der Waals surface area contributed by atoms with Crippen molar-refractivity contribution >= 4 is 17.7 Å². The number of methoxy groups -OCH3 is 2. The molecule has 0 heterocycles. The Kier molecular flexibility index (Phi) is 6.19. The Balaban J connectivity index is 2.13. The number of halogens is 3. The monoisotopic (exact) mass is 371 g/mol. The Bertz CT molecular complexity index is 728. The maximum atomic E-state index is 12.6. The third-order valence-corrected chi connectivity index (χ3v) is 4.03. The molecule has 4 nitrogen and oxygen atoms in total. The van der Waals surface area contributed by atoms with E-state index in [1.54, 1.807) is 18.2 Å². The second-order valence-electron chi connectivity index (χ2n) is 4.95. The van der Waals surface area contributed by atoms with Gasteiger partial charge >= 0.3 is 5.51 Å². The third-order valence-electron chi connectivity index (χ3n) is 3.22. The van der Waals surface area contributed by atoms with Gasteiger partial charge in [-0.1, -0.05) is 12.1 Å². The summed E-state index contributed by atoms with van der Waals surface area (Å²) >= 11 is -0.311. The van der Waals surface area contributed by atoms with Crippen LogP contribution in [0.4, 0.5) is 13.2 Å². The van der Waals surface area contributed by atoms with Gasteiger partial charge in [-0.05, 0) is 41.6 Å². The quantitative estimate of drug-likeness (QED) is 0.772. The molecule has 8 heteroatoms. The highest BCUT2D eigenvalue weighted by molar-refractivity contribution is 8.00. The summed E-state index contributed by atoms with van der Waals surface area (Å²) in [6, 6.07) is 10.7. The lowest BCUT2D eigenvalue weighted by Gasteiger charge is -2.12. The smallest absolute Gasteiger partial charge is 0.446 e. The number of rotatable bonds is 6. The van der Waals surface area contributed by atoms with Crippen LogP contribution in [0, 0.1) is 0 Å². The van der Waals surface area contributed by atoms with Crippen LogP contribution >= 0.6 is 11.8 Å². The Morgan fingerprint density at radius 3 is 2.24 bits per heavy atom. The second kappa shape index (κ2) is 8.15. The molecule has 0 spiro atoms. The van der Waals surface area contributed by atoms with Gasteiger partial charge in [0, 0.05) is 17.5 Å². The molecular weight excluding hydrogens is 355 g/mol. The number of hydrogen-bond donors (Lipinski definition) is 1. The fourth-order valence-corrected chi connectivity index (χ4v) is 2.78. The van der Waals surface area contributed by atoms with Crippen molar-refractivity contribution in [2.24, 2.45) is 0 Å². The van der Waals surface area contributed by atoms with Crippen LogP contribution in [0.5, 0.6) is 11.5 Å². The van der Waals surface area contributed by atoms with Crippen LogP contribution in [0.1, 0.15) is 15.9 Å². The van der Waals surface area contributed by atoms with E-state index in [0.717, 1.165) is 0 Å². The highest BCUT2D eigenvalue weighted by Gasteiger charge is 2.31. The number of benzene rings is 2. The molecule has 2 rings (SSSR count). The maximum Gasteiger partial charge on any atom is 0.446 e. The molecule has 0 atom stereocenters. The Morgan fingerprint density at radius 1 is 1.08 bits per heavy atom. The molecule has 0 aliphatic carbocycles. The fraction of sp³-hybridized carbons (Fsp3) is 0.235. The van der Waals surface area contributed by atoms with Gasteiger partial charge in [-0.3, -0.25) is 4.79 Å². The summed E-state index contributed by atoms with van der Waals surface area (Å²) in [5.41, 5.74) is -3.79. The minimum Gasteiger partial charge on any atom is -0.497 e. The molecule has 2 aromatic rings. The predicted molar refractivity (Wildman–Crippen MR) is 89.1 cm³/mol. The van der Waals surface area contributed by atoms with E-state index in [9.17, 15) is 18.0 Å². The molecule has 0 bridgehead atoms. The number of thioether (sulfide) groups is 1. The molecule has 0 aromatic heterocycles. The first-order chi connectivity index (χ1) is 11.8. The molecule has 0 fully saturated rings. The summed E-state index contributed by atoms with van der Waals surface area (Å²) in [6.07, 6.45) is 0. The summed E-state index contributed by atoms with van der Waals surface area (Å²) < 4.78 is 48.1. The maximum absolute atomic E-state index is 12.6. The van der Waals surface area contributed by atoms with Crippen molar-refractivity contribution in [2.75, 3.05) is 14.2 Å². The zero-order valence-electron chi connectivity index (χ0n) is 13.5. The van der Waals surface area contributed by atoms with E-state index >= 15 is 0 Å². The first-order valence-corrected chi connectivity index (χ1v) is 7.99. The van der Waals surface area contributed by atoms with Crippen LogP contribution in [0.25, 0.3) is 0 Å². The third kappa shape index (κ3) is 5.60. The highest BCUT2D eigenvalue weighted by atomic mass is 32.2. The number of carbonyl (C=O) groups is 1. The van der Waals surface area contributed by atoms with Crippen molar-refractivity contribution < 1.29 is 27.4 Å². The number of alkyl halides is 3. The predicted octanol–water partition coefficient (Wildman–Crippen LogP) is 4.25. The molecule has 0 aliphatic heterocycles. The topological polar surface area (TPSA) is 47.6 Å². The number of ether oxygens (including phenoxy) is 2. The van der Waals surface area contributed by atoms with E-state index < -0.39 is 11.4 Å². The van der Waals surface area contributed by atoms with Gasteiger partial charge < -0.3 is 14.8 Å². The van der Waals surface area contributed by atoms with Gasteiger partial charge in [0.05, 0.1) is 19.8 Å². The van der Waals surface area contributed by atoms with Crippen molar-refractivity contribution in [1.82, 2.24) is 5.32 Å². The van der Waals surface area contributed by atoms with Crippen LogP contribution in [-0.2, 0) is 6.54 Å². The lowest BCUT2D eigenvalue weighted by molar-refractivity contribution is -0.0328. The van der Waals surface area contributed by atoms with Crippen molar-refractivity contribution in [3.05, 3.63) is 53.6 Å². The molecule has 0 saturated carbocycles. The standard InChI is InChI=1S/C17H16F3NO3S/c1-23-12-7-11(8-13(9-12)24-2)10-21-16(22)14-5-3-4-6-15(14)25-17(18,19)20/h3-9H,10H2,1-2H3,(H,21,22). The van der Waals surface area contributed by atoms with Gasteiger partial charge in [0.2, 0.25) is 0 Å². The van der Waals surface area contributed by atoms with Crippen molar-refractivity contribution in [2.45, 2.75) is 16.9 Å². The van der Waals surface area contributed by atoms with Crippen molar-refractivity contribution in [1.29, 1.82) is 0 Å². The van der Waals surface area contributed by atoms with Crippen LogP contribution in [0.2, 0.25) is 0 Å². The molecule has 1 N–H and O–H groups in total. The lowest BCUT2D eigenvalue weighted by atomic mass is 10.1. The van der Waals surface area contributed by atoms with E-state index in [4.69, 9.17) is 9.47 Å². The molecule has 1 amide bonds. The van der Waals surface area contributed by atoms with E-state index in [1.807, 2.05) is 0 Å². The van der Waals surface area contributed by atoms with Gasteiger partial charge in [-0.25, -0.2) is 0 Å². The molecular formula is C17H16F3NO3S. The van der Waals surface area contributed by atoms with E-state index in [-0.39, 0.29) is 28.8 Å². The van der Waals surface area contributed by atoms with Gasteiger partial charge in [-0.15, -0.1) is 0 Å². The molecule has 0 radical (unpaired) electrons. The molecule has 134 valence electrons. The summed E-state index contributed by atoms with van der Waals surface area (Å²) in [6.45, 7) is 0.122. The Morgan fingerprint density at radius 2 is 1.68 bits per heavy atom. The normalized spacial score (nSPS) is 11.1. The second-order valence-corrected chi connectivity index (χ2v) is 6.05. The van der Waals surface area contributed by atoms with Crippen LogP contribution in [0.15, 0.2) is 47.4 Å². The van der Waals surface area contributed by atoms with Crippen molar-refractivity contribution in [3.63, 3.8) is 0 Å².